The van der Waals surface area contributed by atoms with Crippen LogP contribution in [-0.2, 0) is 14.4 Å². The summed E-state index contributed by atoms with van der Waals surface area (Å²) in [6, 6.07) is 0. The summed E-state index contributed by atoms with van der Waals surface area (Å²) in [6.07, 6.45) is 1.22. The summed E-state index contributed by atoms with van der Waals surface area (Å²) in [5.41, 5.74) is -1.60. The topological polar surface area (TPSA) is 66.5 Å². The molecule has 1 saturated heterocycles. The summed E-state index contributed by atoms with van der Waals surface area (Å²) in [6.45, 7) is 6.59. The zero-order valence-corrected chi connectivity index (χ0v) is 11.5. The van der Waals surface area contributed by atoms with Crippen LogP contribution in [0.2, 0.25) is 0 Å². The number of amides is 1. The number of rotatable bonds is 1. The largest absolute Gasteiger partial charge is 0.339 e. The Morgan fingerprint density at radius 3 is 2.42 bits per heavy atom. The minimum Gasteiger partial charge on any atom is -0.339 e. The first-order chi connectivity index (χ1) is 8.93. The van der Waals surface area contributed by atoms with Gasteiger partial charge in [0.15, 0.2) is 0 Å². The van der Waals surface area contributed by atoms with Crippen LogP contribution in [0, 0.1) is 16.7 Å². The van der Waals surface area contributed by atoms with Gasteiger partial charge in [-0.1, -0.05) is 13.8 Å². The maximum absolute atomic E-state index is 12.9. The minimum absolute atomic E-state index is 0.114. The number of ketones is 2. The summed E-state index contributed by atoms with van der Waals surface area (Å²) < 4.78 is 0. The number of hydrogen-bond acceptors (Lipinski definition) is 4. The van der Waals surface area contributed by atoms with Crippen molar-refractivity contribution in [2.75, 3.05) is 26.2 Å². The number of carbonyl (C=O) groups excluding carboxylic acids is 3. The van der Waals surface area contributed by atoms with E-state index < -0.39 is 16.6 Å². The molecule has 0 aromatic rings. The van der Waals surface area contributed by atoms with Gasteiger partial charge < -0.3 is 10.2 Å². The molecule has 1 aliphatic heterocycles. The van der Waals surface area contributed by atoms with Gasteiger partial charge in [0.25, 0.3) is 0 Å². The van der Waals surface area contributed by atoms with Crippen molar-refractivity contribution in [3.05, 3.63) is 0 Å². The van der Waals surface area contributed by atoms with Crippen LogP contribution in [0.3, 0.4) is 0 Å². The van der Waals surface area contributed by atoms with Crippen molar-refractivity contribution in [3.8, 4) is 0 Å². The van der Waals surface area contributed by atoms with Gasteiger partial charge in [-0.15, -0.1) is 0 Å². The number of piperazine rings is 1. The Hall–Kier alpha value is -1.23. The van der Waals surface area contributed by atoms with E-state index in [4.69, 9.17) is 0 Å². The van der Waals surface area contributed by atoms with Crippen LogP contribution in [0.5, 0.6) is 0 Å². The third-order valence-corrected chi connectivity index (χ3v) is 5.48. The van der Waals surface area contributed by atoms with Crippen LogP contribution in [-0.4, -0.2) is 48.6 Å². The molecule has 0 aromatic heterocycles. The molecule has 5 nitrogen and oxygen atoms in total. The molecular formula is C14H20N2O3. The molecule has 1 amide bonds. The molecule has 19 heavy (non-hydrogen) atoms. The third kappa shape index (κ3) is 1.37. The Labute approximate surface area is 112 Å². The Kier molecular flexibility index (Phi) is 2.61. The Balaban J connectivity index is 1.99. The molecule has 0 spiro atoms. The van der Waals surface area contributed by atoms with Gasteiger partial charge in [-0.3, -0.25) is 14.4 Å². The summed E-state index contributed by atoms with van der Waals surface area (Å²) >= 11 is 0. The molecule has 3 rings (SSSR count). The second kappa shape index (κ2) is 3.88. The highest BCUT2D eigenvalue weighted by Gasteiger charge is 2.73. The van der Waals surface area contributed by atoms with Crippen molar-refractivity contribution in [1.29, 1.82) is 0 Å². The Morgan fingerprint density at radius 2 is 1.89 bits per heavy atom. The highest BCUT2D eigenvalue weighted by Crippen LogP contribution is 2.63. The molecule has 2 saturated carbocycles. The van der Waals surface area contributed by atoms with E-state index >= 15 is 0 Å². The summed E-state index contributed by atoms with van der Waals surface area (Å²) in [4.78, 5) is 39.1. The Morgan fingerprint density at radius 1 is 1.26 bits per heavy atom. The van der Waals surface area contributed by atoms with E-state index in [-0.39, 0.29) is 17.6 Å². The zero-order chi connectivity index (χ0) is 13.8. The minimum atomic E-state index is -1.08. The molecule has 0 aromatic carbocycles. The normalized spacial score (nSPS) is 36.9. The van der Waals surface area contributed by atoms with Gasteiger partial charge in [-0.25, -0.2) is 0 Å². The van der Waals surface area contributed by atoms with Crippen molar-refractivity contribution in [3.63, 3.8) is 0 Å². The van der Waals surface area contributed by atoms with Gasteiger partial charge in [0.05, 0.1) is 0 Å². The predicted molar refractivity (Wildman–Crippen MR) is 68.4 cm³/mol. The molecule has 2 aliphatic carbocycles. The summed E-state index contributed by atoms with van der Waals surface area (Å²) in [5.74, 6) is -1.12. The molecule has 2 atom stereocenters. The number of fused-ring (bicyclic) bond motifs is 2. The van der Waals surface area contributed by atoms with E-state index in [9.17, 15) is 14.4 Å². The molecule has 104 valence electrons. The highest BCUT2D eigenvalue weighted by molar-refractivity contribution is 6.47. The van der Waals surface area contributed by atoms with Crippen LogP contribution in [0.4, 0.5) is 0 Å². The maximum Gasteiger partial charge on any atom is 0.237 e. The number of hydrogen-bond donors (Lipinski definition) is 1. The number of Topliss-reactive ketones (excluding diaryl/α,β-unsaturated/α-hetero) is 2. The molecule has 2 bridgehead atoms. The van der Waals surface area contributed by atoms with Gasteiger partial charge in [0.2, 0.25) is 17.5 Å². The fourth-order valence-corrected chi connectivity index (χ4v) is 4.19. The lowest BCUT2D eigenvalue weighted by Gasteiger charge is -2.39. The maximum atomic E-state index is 12.9. The van der Waals surface area contributed by atoms with Crippen LogP contribution in [0.25, 0.3) is 0 Å². The fourth-order valence-electron chi connectivity index (χ4n) is 4.19. The van der Waals surface area contributed by atoms with E-state index in [0.717, 1.165) is 13.1 Å². The first kappa shape index (κ1) is 12.8. The van der Waals surface area contributed by atoms with E-state index in [1.807, 2.05) is 13.8 Å². The van der Waals surface area contributed by atoms with Gasteiger partial charge >= 0.3 is 0 Å². The molecule has 0 radical (unpaired) electrons. The number of nitrogens with one attached hydrogen (secondary N) is 1. The van der Waals surface area contributed by atoms with E-state index in [1.54, 1.807) is 4.90 Å². The fraction of sp³-hybridized carbons (Fsp3) is 0.786. The summed E-state index contributed by atoms with van der Waals surface area (Å²) in [5, 5.41) is 3.20. The lowest BCUT2D eigenvalue weighted by molar-refractivity contribution is -0.155. The number of nitrogens with zero attached hydrogens (tertiary/aromatic N) is 1. The van der Waals surface area contributed by atoms with Crippen LogP contribution in [0.1, 0.15) is 26.7 Å². The summed E-state index contributed by atoms with van der Waals surface area (Å²) in [7, 11) is 0. The van der Waals surface area contributed by atoms with Crippen molar-refractivity contribution >= 4 is 17.5 Å². The molecule has 3 aliphatic rings. The quantitative estimate of drug-likeness (QED) is 0.534. The van der Waals surface area contributed by atoms with E-state index in [0.29, 0.717) is 25.9 Å². The monoisotopic (exact) mass is 264 g/mol. The average molecular weight is 264 g/mol. The lowest BCUT2D eigenvalue weighted by Crippen LogP contribution is -2.56. The molecule has 1 heterocycles. The van der Waals surface area contributed by atoms with E-state index in [2.05, 4.69) is 5.32 Å². The Bertz CT molecular complexity index is 465. The average Bonchev–Trinajstić information content (AvgIpc) is 2.75. The second-order valence-corrected chi connectivity index (χ2v) is 6.45. The molecule has 5 heteroatoms. The van der Waals surface area contributed by atoms with E-state index in [1.165, 1.54) is 0 Å². The smallest absolute Gasteiger partial charge is 0.237 e. The van der Waals surface area contributed by atoms with Gasteiger partial charge in [-0.2, -0.15) is 0 Å². The SMILES string of the molecule is CC1(C)[C@H]2CC[C@@]1(C(=O)N1CCNCC1)C(=O)C2=O. The molecule has 0 unspecified atom stereocenters. The first-order valence-electron chi connectivity index (χ1n) is 7.01. The molecule has 3 fully saturated rings. The van der Waals surface area contributed by atoms with Crippen LogP contribution in [0.15, 0.2) is 0 Å². The van der Waals surface area contributed by atoms with Gasteiger partial charge in [0.1, 0.15) is 5.41 Å². The highest BCUT2D eigenvalue weighted by atomic mass is 16.2. The predicted octanol–water partition coefficient (Wildman–Crippen LogP) is -0.00740. The van der Waals surface area contributed by atoms with Crippen LogP contribution < -0.4 is 5.32 Å². The van der Waals surface area contributed by atoms with Gasteiger partial charge in [-0.05, 0) is 18.3 Å². The van der Waals surface area contributed by atoms with Crippen molar-refractivity contribution < 1.29 is 14.4 Å². The second-order valence-electron chi connectivity index (χ2n) is 6.45. The lowest BCUT2D eigenvalue weighted by atomic mass is 9.68. The molecular weight excluding hydrogens is 244 g/mol. The zero-order valence-electron chi connectivity index (χ0n) is 11.5. The van der Waals surface area contributed by atoms with Crippen molar-refractivity contribution in [2.24, 2.45) is 16.7 Å². The van der Waals surface area contributed by atoms with Crippen molar-refractivity contribution in [2.45, 2.75) is 26.7 Å². The standard InChI is InChI=1S/C14H20N2O3/c1-13(2)9-3-4-14(13,11(18)10(9)17)12(19)16-7-5-15-6-8-16/h9,15H,3-8H2,1-2H3/t9-,14-/m0/s1. The third-order valence-electron chi connectivity index (χ3n) is 5.48. The number of carbonyl (C=O) groups is 3. The first-order valence-corrected chi connectivity index (χ1v) is 7.01. The van der Waals surface area contributed by atoms with Gasteiger partial charge in [0, 0.05) is 32.1 Å². The van der Waals surface area contributed by atoms with Crippen LogP contribution >= 0.6 is 0 Å². The van der Waals surface area contributed by atoms with Crippen molar-refractivity contribution in [1.82, 2.24) is 10.2 Å². The molecule has 1 N–H and O–H groups in total.